The number of methoxy groups -OCH3 is 1. The molecule has 0 aromatic carbocycles. The lowest BCUT2D eigenvalue weighted by molar-refractivity contribution is -0.140. The third-order valence-corrected chi connectivity index (χ3v) is 2.59. The van der Waals surface area contributed by atoms with Gasteiger partial charge in [-0.15, -0.1) is 0 Å². The molecular formula is C9H19NO2S. The fraction of sp³-hybridized carbons (Fsp3) is 0.889. The van der Waals surface area contributed by atoms with E-state index in [4.69, 9.17) is 0 Å². The molecule has 0 aliphatic rings. The molecule has 0 saturated carbocycles. The van der Waals surface area contributed by atoms with Crippen molar-refractivity contribution in [3.05, 3.63) is 0 Å². The van der Waals surface area contributed by atoms with Crippen molar-refractivity contribution < 1.29 is 9.53 Å². The molecule has 78 valence electrons. The van der Waals surface area contributed by atoms with E-state index in [1.165, 1.54) is 7.11 Å². The summed E-state index contributed by atoms with van der Waals surface area (Å²) in [6, 6.07) is 0.514. The average molecular weight is 205 g/mol. The third kappa shape index (κ3) is 6.90. The van der Waals surface area contributed by atoms with Gasteiger partial charge < -0.3 is 10.1 Å². The van der Waals surface area contributed by atoms with Crippen LogP contribution in [0.15, 0.2) is 0 Å². The first-order valence-corrected chi connectivity index (χ1v) is 5.93. The van der Waals surface area contributed by atoms with Crippen molar-refractivity contribution in [2.45, 2.75) is 25.8 Å². The van der Waals surface area contributed by atoms with Gasteiger partial charge in [-0.25, -0.2) is 0 Å². The van der Waals surface area contributed by atoms with E-state index in [-0.39, 0.29) is 5.97 Å². The maximum Gasteiger partial charge on any atom is 0.306 e. The van der Waals surface area contributed by atoms with Crippen LogP contribution in [0.1, 0.15) is 19.8 Å². The molecule has 0 aromatic rings. The van der Waals surface area contributed by atoms with Crippen LogP contribution in [0.2, 0.25) is 0 Å². The summed E-state index contributed by atoms with van der Waals surface area (Å²) in [5.41, 5.74) is 0. The molecule has 0 bridgehead atoms. The Hall–Kier alpha value is -0.220. The summed E-state index contributed by atoms with van der Waals surface area (Å²) in [6.07, 6.45) is 3.65. The van der Waals surface area contributed by atoms with Crippen molar-refractivity contribution in [3.63, 3.8) is 0 Å². The molecule has 4 heteroatoms. The average Bonchev–Trinajstić information content (AvgIpc) is 2.16. The first-order chi connectivity index (χ1) is 6.24. The molecular weight excluding hydrogens is 186 g/mol. The second-order valence-electron chi connectivity index (χ2n) is 2.84. The van der Waals surface area contributed by atoms with Gasteiger partial charge in [0.2, 0.25) is 0 Å². The zero-order valence-electron chi connectivity index (χ0n) is 8.63. The number of hydrogen-bond acceptors (Lipinski definition) is 4. The molecule has 1 unspecified atom stereocenters. The zero-order valence-corrected chi connectivity index (χ0v) is 9.45. The van der Waals surface area contributed by atoms with Crippen molar-refractivity contribution in [1.82, 2.24) is 5.32 Å². The van der Waals surface area contributed by atoms with Gasteiger partial charge in [0, 0.05) is 18.3 Å². The van der Waals surface area contributed by atoms with Crippen LogP contribution in [-0.2, 0) is 9.53 Å². The lowest BCUT2D eigenvalue weighted by Gasteiger charge is -2.14. The Bertz CT molecular complexity index is 142. The molecule has 0 aromatic heterocycles. The summed E-state index contributed by atoms with van der Waals surface area (Å²) >= 11 is 1.82. The largest absolute Gasteiger partial charge is 0.469 e. The quantitative estimate of drug-likeness (QED) is 0.635. The Morgan fingerprint density at radius 1 is 1.62 bits per heavy atom. The van der Waals surface area contributed by atoms with E-state index >= 15 is 0 Å². The van der Waals surface area contributed by atoms with Gasteiger partial charge in [-0.2, -0.15) is 11.8 Å². The SMILES string of the molecule is CCC(CSC)NCCC(=O)OC. The fourth-order valence-corrected chi connectivity index (χ4v) is 1.76. The standard InChI is InChI=1S/C9H19NO2S/c1-4-8(7-13-3)10-6-5-9(11)12-2/h8,10H,4-7H2,1-3H3. The lowest BCUT2D eigenvalue weighted by atomic mass is 10.2. The van der Waals surface area contributed by atoms with Gasteiger partial charge in [-0.3, -0.25) is 4.79 Å². The summed E-state index contributed by atoms with van der Waals surface area (Å²) in [4.78, 5) is 10.8. The summed E-state index contributed by atoms with van der Waals surface area (Å²) in [6.45, 7) is 2.86. The number of thioether (sulfide) groups is 1. The van der Waals surface area contributed by atoms with Gasteiger partial charge in [0.1, 0.15) is 0 Å². The number of nitrogens with one attached hydrogen (secondary N) is 1. The molecule has 1 N–H and O–H groups in total. The van der Waals surface area contributed by atoms with E-state index in [1.807, 2.05) is 11.8 Å². The maximum absolute atomic E-state index is 10.8. The highest BCUT2D eigenvalue weighted by Crippen LogP contribution is 2.00. The predicted octanol–water partition coefficient (Wildman–Crippen LogP) is 1.28. The molecule has 0 spiro atoms. The first-order valence-electron chi connectivity index (χ1n) is 4.53. The van der Waals surface area contributed by atoms with Gasteiger partial charge in [-0.05, 0) is 12.7 Å². The molecule has 1 atom stereocenters. The molecule has 0 amide bonds. The minimum Gasteiger partial charge on any atom is -0.469 e. The fourth-order valence-electron chi connectivity index (χ4n) is 1.00. The van der Waals surface area contributed by atoms with Crippen LogP contribution in [0, 0.1) is 0 Å². The number of esters is 1. The molecule has 0 fully saturated rings. The molecule has 13 heavy (non-hydrogen) atoms. The second kappa shape index (κ2) is 8.38. The van der Waals surface area contributed by atoms with Gasteiger partial charge in [-0.1, -0.05) is 6.92 Å². The van der Waals surface area contributed by atoms with E-state index in [0.29, 0.717) is 19.0 Å². The lowest BCUT2D eigenvalue weighted by Crippen LogP contribution is -2.32. The van der Waals surface area contributed by atoms with Crippen LogP contribution >= 0.6 is 11.8 Å². The van der Waals surface area contributed by atoms with E-state index in [2.05, 4.69) is 23.2 Å². The van der Waals surface area contributed by atoms with Gasteiger partial charge in [0.15, 0.2) is 0 Å². The minimum atomic E-state index is -0.147. The van der Waals surface area contributed by atoms with Crippen LogP contribution in [0.4, 0.5) is 0 Å². The van der Waals surface area contributed by atoms with Crippen LogP contribution in [0.5, 0.6) is 0 Å². The molecule has 0 aliphatic heterocycles. The van der Waals surface area contributed by atoms with Crippen molar-refractivity contribution >= 4 is 17.7 Å². The summed E-state index contributed by atoms with van der Waals surface area (Å²) in [7, 11) is 1.42. The number of carbonyl (C=O) groups is 1. The van der Waals surface area contributed by atoms with Crippen molar-refractivity contribution in [1.29, 1.82) is 0 Å². The third-order valence-electron chi connectivity index (χ3n) is 1.85. The summed E-state index contributed by atoms with van der Waals surface area (Å²) in [5.74, 6) is 0.948. The highest BCUT2D eigenvalue weighted by Gasteiger charge is 2.05. The van der Waals surface area contributed by atoms with Crippen molar-refractivity contribution in [2.75, 3.05) is 25.7 Å². The molecule has 0 radical (unpaired) electrons. The number of carbonyl (C=O) groups excluding carboxylic acids is 1. The Labute approximate surface area is 84.6 Å². The Morgan fingerprint density at radius 2 is 2.31 bits per heavy atom. The maximum atomic E-state index is 10.8. The predicted molar refractivity (Wildman–Crippen MR) is 57.1 cm³/mol. The summed E-state index contributed by atoms with van der Waals surface area (Å²) < 4.78 is 4.54. The van der Waals surface area contributed by atoms with Gasteiger partial charge in [0.05, 0.1) is 13.5 Å². The molecule has 3 nitrogen and oxygen atoms in total. The smallest absolute Gasteiger partial charge is 0.306 e. The van der Waals surface area contributed by atoms with Crippen molar-refractivity contribution in [3.8, 4) is 0 Å². The Morgan fingerprint density at radius 3 is 2.77 bits per heavy atom. The molecule has 0 aliphatic carbocycles. The first kappa shape index (κ1) is 12.8. The van der Waals surface area contributed by atoms with Crippen LogP contribution in [-0.4, -0.2) is 37.7 Å². The molecule has 0 rings (SSSR count). The van der Waals surface area contributed by atoms with Crippen LogP contribution in [0.25, 0.3) is 0 Å². The highest BCUT2D eigenvalue weighted by molar-refractivity contribution is 7.98. The minimum absolute atomic E-state index is 0.147. The second-order valence-corrected chi connectivity index (χ2v) is 3.75. The molecule has 0 heterocycles. The normalized spacial score (nSPS) is 12.5. The monoisotopic (exact) mass is 205 g/mol. The number of ether oxygens (including phenoxy) is 1. The van der Waals surface area contributed by atoms with Gasteiger partial charge >= 0.3 is 5.97 Å². The van der Waals surface area contributed by atoms with E-state index in [9.17, 15) is 4.79 Å². The van der Waals surface area contributed by atoms with Gasteiger partial charge in [0.25, 0.3) is 0 Å². The Kier molecular flexibility index (Phi) is 8.24. The summed E-state index contributed by atoms with van der Waals surface area (Å²) in [5, 5.41) is 3.31. The Balaban J connectivity index is 3.42. The highest BCUT2D eigenvalue weighted by atomic mass is 32.2. The van der Waals surface area contributed by atoms with Crippen LogP contribution in [0.3, 0.4) is 0 Å². The topological polar surface area (TPSA) is 38.3 Å². The number of rotatable bonds is 7. The van der Waals surface area contributed by atoms with Crippen LogP contribution < -0.4 is 5.32 Å². The number of hydrogen-bond donors (Lipinski definition) is 1. The van der Waals surface area contributed by atoms with Crippen molar-refractivity contribution in [2.24, 2.45) is 0 Å². The van der Waals surface area contributed by atoms with E-state index in [1.54, 1.807) is 0 Å². The van der Waals surface area contributed by atoms with E-state index < -0.39 is 0 Å². The molecule has 0 saturated heterocycles. The van der Waals surface area contributed by atoms with E-state index in [0.717, 1.165) is 12.2 Å². The zero-order chi connectivity index (χ0) is 10.1.